The number of phenols is 1. The largest absolute Gasteiger partial charge is 0.507 e. The van der Waals surface area contributed by atoms with E-state index < -0.39 is 0 Å². The fourth-order valence-electron chi connectivity index (χ4n) is 0.813. The summed E-state index contributed by atoms with van der Waals surface area (Å²) in [6.07, 6.45) is 0. The van der Waals surface area contributed by atoms with Crippen molar-refractivity contribution in [1.29, 1.82) is 0 Å². The topological polar surface area (TPSA) is 58.3 Å². The Balaban J connectivity index is 2.96. The van der Waals surface area contributed by atoms with Crippen molar-refractivity contribution < 1.29 is 5.11 Å². The molecule has 0 bridgehead atoms. The van der Waals surface area contributed by atoms with E-state index >= 15 is 0 Å². The molecule has 1 aromatic carbocycles. The van der Waals surface area contributed by atoms with Crippen molar-refractivity contribution in [2.75, 3.05) is 0 Å². The molecule has 0 aliphatic rings. The van der Waals surface area contributed by atoms with Crippen molar-refractivity contribution in [3.8, 4) is 5.75 Å². The Morgan fingerprint density at radius 3 is 2.91 bits per heavy atom. The lowest BCUT2D eigenvalue weighted by molar-refractivity contribution is 0.470. The van der Waals surface area contributed by atoms with Crippen LogP contribution in [0.1, 0.15) is 5.56 Å². The lowest BCUT2D eigenvalue weighted by Gasteiger charge is -2.03. The molecule has 3 nitrogen and oxygen atoms in total. The minimum Gasteiger partial charge on any atom is -0.507 e. The zero-order chi connectivity index (χ0) is 8.27. The number of benzene rings is 1. The zero-order valence-electron chi connectivity index (χ0n) is 5.84. The van der Waals surface area contributed by atoms with E-state index in [0.717, 1.165) is 5.56 Å². The second kappa shape index (κ2) is 3.71. The molecule has 11 heavy (non-hydrogen) atoms. The minimum absolute atomic E-state index is 0.234. The van der Waals surface area contributed by atoms with E-state index in [4.69, 9.17) is 5.84 Å². The molecule has 0 spiro atoms. The highest BCUT2D eigenvalue weighted by atomic mass is 79.9. The molecule has 60 valence electrons. The lowest BCUT2D eigenvalue weighted by Crippen LogP contribution is -2.20. The number of hydrazine groups is 1. The smallest absolute Gasteiger partial charge is 0.130 e. The standard InChI is InChI=1S/C7H9BrN2O/c8-7-5(4-10-9)2-1-3-6(7)11/h1-3,10-11H,4,9H2. The van der Waals surface area contributed by atoms with Crippen molar-refractivity contribution in [3.05, 3.63) is 28.2 Å². The van der Waals surface area contributed by atoms with Gasteiger partial charge in [0, 0.05) is 6.54 Å². The van der Waals surface area contributed by atoms with Crippen LogP contribution in [0.15, 0.2) is 22.7 Å². The number of halogens is 1. The summed E-state index contributed by atoms with van der Waals surface area (Å²) in [5.74, 6) is 5.36. The Morgan fingerprint density at radius 1 is 1.55 bits per heavy atom. The van der Waals surface area contributed by atoms with Crippen LogP contribution in [0.4, 0.5) is 0 Å². The highest BCUT2D eigenvalue weighted by molar-refractivity contribution is 9.10. The first kappa shape index (κ1) is 8.52. The molecule has 0 aliphatic carbocycles. The fraction of sp³-hybridized carbons (Fsp3) is 0.143. The molecule has 0 radical (unpaired) electrons. The fourth-order valence-corrected chi connectivity index (χ4v) is 1.22. The van der Waals surface area contributed by atoms with Crippen LogP contribution in [0.25, 0.3) is 0 Å². The highest BCUT2D eigenvalue weighted by Gasteiger charge is 2.01. The maximum Gasteiger partial charge on any atom is 0.130 e. The van der Waals surface area contributed by atoms with Crippen LogP contribution in [0.2, 0.25) is 0 Å². The van der Waals surface area contributed by atoms with Crippen LogP contribution in [-0.2, 0) is 6.54 Å². The number of rotatable bonds is 2. The van der Waals surface area contributed by atoms with Gasteiger partial charge in [-0.3, -0.25) is 11.3 Å². The molecule has 4 N–H and O–H groups in total. The van der Waals surface area contributed by atoms with Gasteiger partial charge >= 0.3 is 0 Å². The van der Waals surface area contributed by atoms with Crippen molar-refractivity contribution in [1.82, 2.24) is 5.43 Å². The monoisotopic (exact) mass is 216 g/mol. The molecule has 0 fully saturated rings. The molecular weight excluding hydrogens is 208 g/mol. The van der Waals surface area contributed by atoms with E-state index in [2.05, 4.69) is 21.4 Å². The van der Waals surface area contributed by atoms with E-state index in [1.165, 1.54) is 0 Å². The third-order valence-electron chi connectivity index (χ3n) is 1.35. The van der Waals surface area contributed by atoms with Gasteiger partial charge in [0.2, 0.25) is 0 Å². The molecule has 0 saturated carbocycles. The van der Waals surface area contributed by atoms with Crippen molar-refractivity contribution in [3.63, 3.8) is 0 Å². The van der Waals surface area contributed by atoms with Crippen LogP contribution in [0.5, 0.6) is 5.75 Å². The first-order valence-electron chi connectivity index (χ1n) is 3.15. The summed E-state index contributed by atoms with van der Waals surface area (Å²) in [6, 6.07) is 5.26. The second-order valence-electron chi connectivity index (χ2n) is 2.13. The molecule has 1 rings (SSSR count). The summed E-state index contributed by atoms with van der Waals surface area (Å²) in [5.41, 5.74) is 3.45. The van der Waals surface area contributed by atoms with Crippen LogP contribution in [0, 0.1) is 0 Å². The molecule has 1 aromatic rings. The van der Waals surface area contributed by atoms with Crippen molar-refractivity contribution >= 4 is 15.9 Å². The number of nitrogens with two attached hydrogens (primary N) is 1. The Labute approximate surface area is 73.3 Å². The van der Waals surface area contributed by atoms with E-state index in [-0.39, 0.29) is 5.75 Å². The maximum atomic E-state index is 9.21. The molecule has 0 heterocycles. The third kappa shape index (κ3) is 1.92. The van der Waals surface area contributed by atoms with E-state index in [1.807, 2.05) is 6.07 Å². The van der Waals surface area contributed by atoms with Gasteiger partial charge in [0.25, 0.3) is 0 Å². The highest BCUT2D eigenvalue weighted by Crippen LogP contribution is 2.26. The Hall–Kier alpha value is -0.580. The zero-order valence-corrected chi connectivity index (χ0v) is 7.43. The first-order valence-corrected chi connectivity index (χ1v) is 3.95. The van der Waals surface area contributed by atoms with Gasteiger partial charge in [-0.15, -0.1) is 0 Å². The quantitative estimate of drug-likeness (QED) is 0.513. The molecule has 0 aliphatic heterocycles. The van der Waals surface area contributed by atoms with Gasteiger partial charge in [0.05, 0.1) is 4.47 Å². The van der Waals surface area contributed by atoms with E-state index in [1.54, 1.807) is 12.1 Å². The summed E-state index contributed by atoms with van der Waals surface area (Å²) in [4.78, 5) is 0. The van der Waals surface area contributed by atoms with Crippen LogP contribution >= 0.6 is 15.9 Å². The average Bonchev–Trinajstić information content (AvgIpc) is 1.99. The number of nitrogens with one attached hydrogen (secondary N) is 1. The molecular formula is C7H9BrN2O. The van der Waals surface area contributed by atoms with E-state index in [9.17, 15) is 5.11 Å². The Bertz CT molecular complexity index is 252. The number of hydrogen-bond donors (Lipinski definition) is 3. The Kier molecular flexibility index (Phi) is 2.87. The molecule has 0 aromatic heterocycles. The molecule has 0 saturated heterocycles. The second-order valence-corrected chi connectivity index (χ2v) is 2.92. The summed E-state index contributed by atoms with van der Waals surface area (Å²) in [6.45, 7) is 0.537. The normalized spacial score (nSPS) is 10.0. The van der Waals surface area contributed by atoms with Gasteiger partial charge in [-0.05, 0) is 27.6 Å². The van der Waals surface area contributed by atoms with Crippen LogP contribution < -0.4 is 11.3 Å². The van der Waals surface area contributed by atoms with Gasteiger partial charge in [0.1, 0.15) is 5.75 Å². The van der Waals surface area contributed by atoms with Crippen LogP contribution in [-0.4, -0.2) is 5.11 Å². The van der Waals surface area contributed by atoms with E-state index in [0.29, 0.717) is 11.0 Å². The molecule has 0 atom stereocenters. The summed E-state index contributed by atoms with van der Waals surface area (Å²) in [7, 11) is 0. The van der Waals surface area contributed by atoms with Gasteiger partial charge in [-0.2, -0.15) is 0 Å². The average molecular weight is 217 g/mol. The summed E-state index contributed by atoms with van der Waals surface area (Å²) < 4.78 is 0.693. The number of phenolic OH excluding ortho intramolecular Hbond substituents is 1. The van der Waals surface area contributed by atoms with Gasteiger partial charge in [-0.1, -0.05) is 12.1 Å². The lowest BCUT2D eigenvalue weighted by atomic mass is 10.2. The van der Waals surface area contributed by atoms with Gasteiger partial charge < -0.3 is 5.11 Å². The van der Waals surface area contributed by atoms with Gasteiger partial charge in [0.15, 0.2) is 0 Å². The molecule has 0 unspecified atom stereocenters. The number of aromatic hydroxyl groups is 1. The molecule has 4 heteroatoms. The van der Waals surface area contributed by atoms with Crippen LogP contribution in [0.3, 0.4) is 0 Å². The van der Waals surface area contributed by atoms with Crippen molar-refractivity contribution in [2.45, 2.75) is 6.54 Å². The SMILES string of the molecule is NNCc1cccc(O)c1Br. The summed E-state index contributed by atoms with van der Waals surface area (Å²) >= 11 is 3.24. The third-order valence-corrected chi connectivity index (χ3v) is 2.27. The summed E-state index contributed by atoms with van der Waals surface area (Å²) in [5, 5.41) is 9.21. The number of hydrogen-bond acceptors (Lipinski definition) is 3. The maximum absolute atomic E-state index is 9.21. The first-order chi connectivity index (χ1) is 5.25. The molecule has 0 amide bonds. The van der Waals surface area contributed by atoms with Crippen molar-refractivity contribution in [2.24, 2.45) is 5.84 Å². The Morgan fingerprint density at radius 2 is 2.27 bits per heavy atom. The predicted molar refractivity (Wildman–Crippen MR) is 46.8 cm³/mol. The predicted octanol–water partition coefficient (Wildman–Crippen LogP) is 1.12. The van der Waals surface area contributed by atoms with Gasteiger partial charge in [-0.25, -0.2) is 0 Å². The minimum atomic E-state index is 0.234.